The van der Waals surface area contributed by atoms with Crippen LogP contribution in [0.5, 0.6) is 0 Å². The summed E-state index contributed by atoms with van der Waals surface area (Å²) in [6.45, 7) is 6.18. The van der Waals surface area contributed by atoms with Crippen LogP contribution in [-0.2, 0) is 23.3 Å². The van der Waals surface area contributed by atoms with Gasteiger partial charge < -0.3 is 5.32 Å². The monoisotopic (exact) mass is 345 g/mol. The summed E-state index contributed by atoms with van der Waals surface area (Å²) in [6, 6.07) is 1.12. The molecule has 1 atom stereocenters. The lowest BCUT2D eigenvalue weighted by Crippen LogP contribution is -2.38. The van der Waals surface area contributed by atoms with Gasteiger partial charge in [0.2, 0.25) is 5.91 Å². The number of carbonyl (C=O) groups is 1. The minimum atomic E-state index is -0.590. The van der Waals surface area contributed by atoms with Crippen LogP contribution in [0.3, 0.4) is 0 Å². The van der Waals surface area contributed by atoms with Crippen LogP contribution in [0, 0.1) is 0 Å². The predicted octanol–water partition coefficient (Wildman–Crippen LogP) is 0.682. The van der Waals surface area contributed by atoms with E-state index in [9.17, 15) is 14.4 Å². The number of hydrogen-bond acceptors (Lipinski definition) is 4. The fourth-order valence-corrected chi connectivity index (χ4v) is 3.25. The summed E-state index contributed by atoms with van der Waals surface area (Å²) in [5.41, 5.74) is 1.03. The number of nitrogens with zero attached hydrogens (tertiary/aromatic N) is 3. The van der Waals surface area contributed by atoms with Gasteiger partial charge in [0.1, 0.15) is 6.54 Å². The van der Waals surface area contributed by atoms with Crippen molar-refractivity contribution in [3.8, 4) is 0 Å². The van der Waals surface area contributed by atoms with Crippen molar-refractivity contribution in [2.75, 3.05) is 0 Å². The fourth-order valence-electron chi connectivity index (χ4n) is 3.25. The molecule has 8 nitrogen and oxygen atoms in total. The van der Waals surface area contributed by atoms with Gasteiger partial charge in [-0.1, -0.05) is 0 Å². The van der Waals surface area contributed by atoms with Crippen molar-refractivity contribution in [1.29, 1.82) is 0 Å². The number of rotatable bonds is 3. The third-order valence-electron chi connectivity index (χ3n) is 4.36. The van der Waals surface area contributed by atoms with Gasteiger partial charge in [-0.25, -0.2) is 4.79 Å². The highest BCUT2D eigenvalue weighted by atomic mass is 16.2. The molecular formula is C17H23N5O3. The van der Waals surface area contributed by atoms with E-state index >= 15 is 0 Å². The molecule has 0 radical (unpaired) electrons. The van der Waals surface area contributed by atoms with Crippen molar-refractivity contribution in [2.24, 2.45) is 0 Å². The fraction of sp³-hybridized carbons (Fsp3) is 0.529. The van der Waals surface area contributed by atoms with E-state index in [2.05, 4.69) is 36.2 Å². The van der Waals surface area contributed by atoms with E-state index in [0.717, 1.165) is 30.5 Å². The lowest BCUT2D eigenvalue weighted by Gasteiger charge is -2.28. The van der Waals surface area contributed by atoms with Crippen LogP contribution in [0.25, 0.3) is 0 Å². The highest BCUT2D eigenvalue weighted by molar-refractivity contribution is 5.76. The van der Waals surface area contributed by atoms with Gasteiger partial charge >= 0.3 is 5.69 Å². The van der Waals surface area contributed by atoms with Gasteiger partial charge in [0.15, 0.2) is 0 Å². The van der Waals surface area contributed by atoms with E-state index in [1.807, 2.05) is 10.9 Å². The van der Waals surface area contributed by atoms with Gasteiger partial charge in [-0.3, -0.25) is 23.8 Å². The standard InChI is InChI=1S/C17H23N5O3/c1-17(2,3)22-13-6-4-5-12(11(13)9-18-22)19-15(24)10-21-8-7-14(23)20-16(21)25/h7-9,12H,4-6,10H2,1-3H3,(H,19,24)(H,20,23,25). The molecule has 1 aliphatic carbocycles. The summed E-state index contributed by atoms with van der Waals surface area (Å²) >= 11 is 0. The molecule has 1 amide bonds. The first-order valence-corrected chi connectivity index (χ1v) is 8.42. The molecule has 0 fully saturated rings. The van der Waals surface area contributed by atoms with Crippen molar-refractivity contribution >= 4 is 5.91 Å². The highest BCUT2D eigenvalue weighted by Crippen LogP contribution is 2.32. The van der Waals surface area contributed by atoms with E-state index in [-0.39, 0.29) is 24.0 Å². The quantitative estimate of drug-likeness (QED) is 0.854. The molecule has 0 aromatic carbocycles. The smallest absolute Gasteiger partial charge is 0.328 e. The number of aromatic amines is 1. The highest BCUT2D eigenvalue weighted by Gasteiger charge is 2.28. The Labute approximate surface area is 144 Å². The lowest BCUT2D eigenvalue weighted by atomic mass is 9.92. The molecule has 2 heterocycles. The number of nitrogens with one attached hydrogen (secondary N) is 2. The molecule has 0 aliphatic heterocycles. The van der Waals surface area contributed by atoms with Crippen molar-refractivity contribution in [2.45, 2.75) is 58.2 Å². The largest absolute Gasteiger partial charge is 0.348 e. The molecule has 134 valence electrons. The van der Waals surface area contributed by atoms with Gasteiger partial charge in [-0.05, 0) is 40.0 Å². The van der Waals surface area contributed by atoms with Gasteiger partial charge in [-0.2, -0.15) is 5.10 Å². The first-order valence-electron chi connectivity index (χ1n) is 8.42. The molecule has 0 spiro atoms. The summed E-state index contributed by atoms with van der Waals surface area (Å²) in [6.07, 6.45) is 5.91. The van der Waals surface area contributed by atoms with E-state index in [0.29, 0.717) is 0 Å². The van der Waals surface area contributed by atoms with E-state index < -0.39 is 11.2 Å². The molecule has 2 N–H and O–H groups in total. The summed E-state index contributed by atoms with van der Waals surface area (Å²) in [7, 11) is 0. The number of fused-ring (bicyclic) bond motifs is 1. The maximum absolute atomic E-state index is 12.3. The maximum Gasteiger partial charge on any atom is 0.328 e. The van der Waals surface area contributed by atoms with Crippen LogP contribution in [0.2, 0.25) is 0 Å². The molecule has 0 saturated carbocycles. The summed E-state index contributed by atoms with van der Waals surface area (Å²) in [4.78, 5) is 37.3. The van der Waals surface area contributed by atoms with Crippen molar-refractivity contribution in [3.63, 3.8) is 0 Å². The predicted molar refractivity (Wildman–Crippen MR) is 92.4 cm³/mol. The molecule has 3 rings (SSSR count). The SMILES string of the molecule is CC(C)(C)n1ncc2c1CCCC2NC(=O)Cn1ccc(=O)[nH]c1=O. The molecule has 1 aliphatic rings. The Balaban J connectivity index is 1.76. The Morgan fingerprint density at radius 3 is 2.84 bits per heavy atom. The van der Waals surface area contributed by atoms with Crippen LogP contribution < -0.4 is 16.6 Å². The molecular weight excluding hydrogens is 322 g/mol. The first kappa shape index (κ1) is 17.2. The van der Waals surface area contributed by atoms with E-state index in [4.69, 9.17) is 0 Å². The molecule has 8 heteroatoms. The zero-order valence-electron chi connectivity index (χ0n) is 14.7. The minimum Gasteiger partial charge on any atom is -0.348 e. The summed E-state index contributed by atoms with van der Waals surface area (Å²) in [5, 5.41) is 7.49. The zero-order valence-corrected chi connectivity index (χ0v) is 14.7. The molecule has 2 aromatic heterocycles. The third-order valence-corrected chi connectivity index (χ3v) is 4.36. The molecule has 2 aromatic rings. The van der Waals surface area contributed by atoms with Crippen LogP contribution in [0.15, 0.2) is 28.0 Å². The second kappa shape index (κ2) is 6.34. The van der Waals surface area contributed by atoms with Gasteiger partial charge in [0.05, 0.1) is 17.8 Å². The lowest BCUT2D eigenvalue weighted by molar-refractivity contribution is -0.122. The van der Waals surface area contributed by atoms with Crippen molar-refractivity contribution in [1.82, 2.24) is 24.6 Å². The summed E-state index contributed by atoms with van der Waals surface area (Å²) < 4.78 is 3.20. The van der Waals surface area contributed by atoms with Crippen LogP contribution >= 0.6 is 0 Å². The average Bonchev–Trinajstić information content (AvgIpc) is 2.95. The van der Waals surface area contributed by atoms with Crippen LogP contribution in [0.1, 0.15) is 50.9 Å². The Bertz CT molecular complexity index is 900. The number of carbonyl (C=O) groups excluding carboxylic acids is 1. The van der Waals surface area contributed by atoms with E-state index in [1.54, 1.807) is 0 Å². The van der Waals surface area contributed by atoms with Crippen molar-refractivity contribution < 1.29 is 4.79 Å². The topological polar surface area (TPSA) is 102 Å². The average molecular weight is 345 g/mol. The Hall–Kier alpha value is -2.64. The minimum absolute atomic E-state index is 0.106. The maximum atomic E-state index is 12.3. The second-order valence-electron chi connectivity index (χ2n) is 7.38. The van der Waals surface area contributed by atoms with Crippen LogP contribution in [-0.4, -0.2) is 25.2 Å². The Kier molecular flexibility index (Phi) is 4.36. The number of amides is 1. The molecule has 1 unspecified atom stereocenters. The van der Waals surface area contributed by atoms with E-state index in [1.165, 1.54) is 16.8 Å². The second-order valence-corrected chi connectivity index (χ2v) is 7.38. The van der Waals surface area contributed by atoms with Gasteiger partial charge in [0, 0.05) is 23.5 Å². The number of H-pyrrole nitrogens is 1. The molecule has 0 bridgehead atoms. The van der Waals surface area contributed by atoms with Crippen molar-refractivity contribution in [3.05, 3.63) is 50.6 Å². The number of hydrogen-bond donors (Lipinski definition) is 2. The molecule has 25 heavy (non-hydrogen) atoms. The zero-order chi connectivity index (χ0) is 18.2. The Morgan fingerprint density at radius 1 is 1.40 bits per heavy atom. The molecule has 0 saturated heterocycles. The number of aromatic nitrogens is 4. The first-order chi connectivity index (χ1) is 11.8. The normalized spacial score (nSPS) is 17.2. The van der Waals surface area contributed by atoms with Gasteiger partial charge in [-0.15, -0.1) is 0 Å². The van der Waals surface area contributed by atoms with Gasteiger partial charge in [0.25, 0.3) is 5.56 Å². The Morgan fingerprint density at radius 2 is 2.16 bits per heavy atom. The summed E-state index contributed by atoms with van der Waals surface area (Å²) in [5.74, 6) is -0.268. The van der Waals surface area contributed by atoms with Crippen LogP contribution in [0.4, 0.5) is 0 Å². The third kappa shape index (κ3) is 3.57.